The number of hydrogen-bond donors (Lipinski definition) is 1. The number of rotatable bonds is 7. The van der Waals surface area contributed by atoms with Crippen LogP contribution in [0, 0.1) is 0 Å². The Morgan fingerprint density at radius 1 is 1.32 bits per heavy atom. The van der Waals surface area contributed by atoms with Crippen molar-refractivity contribution >= 4 is 0 Å². The molecule has 0 aliphatic rings. The van der Waals surface area contributed by atoms with Crippen LogP contribution in [0.1, 0.15) is 5.76 Å². The van der Waals surface area contributed by atoms with E-state index < -0.39 is 0 Å². The predicted molar refractivity (Wildman–Crippen MR) is 74.5 cm³/mol. The summed E-state index contributed by atoms with van der Waals surface area (Å²) in [6, 6.07) is 11.8. The maximum Gasteiger partial charge on any atom is 0.151 e. The second-order valence-corrected chi connectivity index (χ2v) is 4.29. The molecular weight excluding hydrogens is 240 g/mol. The summed E-state index contributed by atoms with van der Waals surface area (Å²) in [6.07, 6.45) is 1.81. The highest BCUT2D eigenvalue weighted by molar-refractivity contribution is 5.58. The Morgan fingerprint density at radius 2 is 2.11 bits per heavy atom. The monoisotopic (exact) mass is 258 g/mol. The molecular formula is C15H18N2O2. The van der Waals surface area contributed by atoms with E-state index in [0.29, 0.717) is 19.6 Å². The van der Waals surface area contributed by atoms with Gasteiger partial charge in [-0.3, -0.25) is 4.90 Å². The Balaban J connectivity index is 2.06. The van der Waals surface area contributed by atoms with Gasteiger partial charge in [0.05, 0.1) is 13.2 Å². The van der Waals surface area contributed by atoms with Crippen LogP contribution in [0.5, 0.6) is 0 Å². The summed E-state index contributed by atoms with van der Waals surface area (Å²) >= 11 is 0. The normalized spacial score (nSPS) is 10.8. The van der Waals surface area contributed by atoms with Crippen LogP contribution in [-0.2, 0) is 6.54 Å². The van der Waals surface area contributed by atoms with Gasteiger partial charge >= 0.3 is 0 Å². The number of benzene rings is 1. The van der Waals surface area contributed by atoms with Gasteiger partial charge in [-0.25, -0.2) is 0 Å². The molecule has 19 heavy (non-hydrogen) atoms. The molecule has 1 aromatic heterocycles. The fourth-order valence-corrected chi connectivity index (χ4v) is 1.91. The van der Waals surface area contributed by atoms with Gasteiger partial charge in [-0.2, -0.15) is 0 Å². The molecule has 0 aliphatic heterocycles. The minimum Gasteiger partial charge on any atom is -0.395 e. The van der Waals surface area contributed by atoms with Crippen molar-refractivity contribution < 1.29 is 9.63 Å². The second-order valence-electron chi connectivity index (χ2n) is 4.29. The van der Waals surface area contributed by atoms with Gasteiger partial charge < -0.3 is 9.63 Å². The van der Waals surface area contributed by atoms with Gasteiger partial charge in [0.15, 0.2) is 5.76 Å². The summed E-state index contributed by atoms with van der Waals surface area (Å²) in [6.45, 7) is 5.74. The summed E-state index contributed by atoms with van der Waals surface area (Å²) in [7, 11) is 0. The molecule has 0 saturated heterocycles. The van der Waals surface area contributed by atoms with Crippen molar-refractivity contribution in [2.75, 3.05) is 19.7 Å². The minimum absolute atomic E-state index is 0.119. The lowest BCUT2D eigenvalue weighted by molar-refractivity contribution is 0.189. The van der Waals surface area contributed by atoms with Crippen LogP contribution in [0.4, 0.5) is 0 Å². The molecule has 0 atom stereocenters. The summed E-state index contributed by atoms with van der Waals surface area (Å²) < 4.78 is 5.33. The number of hydrogen-bond acceptors (Lipinski definition) is 4. The lowest BCUT2D eigenvalue weighted by atomic mass is 10.1. The first kappa shape index (κ1) is 13.5. The fraction of sp³-hybridized carbons (Fsp3) is 0.267. The van der Waals surface area contributed by atoms with E-state index >= 15 is 0 Å². The molecule has 1 heterocycles. The maximum atomic E-state index is 9.00. The van der Waals surface area contributed by atoms with Crippen LogP contribution >= 0.6 is 0 Å². The van der Waals surface area contributed by atoms with Crippen molar-refractivity contribution in [1.82, 2.24) is 10.1 Å². The summed E-state index contributed by atoms with van der Waals surface area (Å²) in [5, 5.41) is 13.1. The SMILES string of the molecule is C=CCN(CCO)Cc1cc(-c2ccccc2)no1. The third-order valence-corrected chi connectivity index (χ3v) is 2.81. The van der Waals surface area contributed by atoms with E-state index in [1.807, 2.05) is 47.4 Å². The summed E-state index contributed by atoms with van der Waals surface area (Å²) in [5.41, 5.74) is 1.87. The third-order valence-electron chi connectivity index (χ3n) is 2.81. The topological polar surface area (TPSA) is 49.5 Å². The molecule has 0 saturated carbocycles. The first-order valence-electron chi connectivity index (χ1n) is 6.28. The quantitative estimate of drug-likeness (QED) is 0.774. The molecule has 0 unspecified atom stereocenters. The highest BCUT2D eigenvalue weighted by Crippen LogP contribution is 2.19. The average Bonchev–Trinajstić information content (AvgIpc) is 2.89. The Hall–Kier alpha value is -1.91. The van der Waals surface area contributed by atoms with E-state index in [9.17, 15) is 0 Å². The van der Waals surface area contributed by atoms with E-state index in [1.54, 1.807) is 0 Å². The molecule has 100 valence electrons. The molecule has 0 spiro atoms. The minimum atomic E-state index is 0.119. The molecule has 4 nitrogen and oxygen atoms in total. The second kappa shape index (κ2) is 6.87. The summed E-state index contributed by atoms with van der Waals surface area (Å²) in [5.74, 6) is 0.786. The van der Waals surface area contributed by atoms with Crippen molar-refractivity contribution in [3.8, 4) is 11.3 Å². The van der Waals surface area contributed by atoms with Crippen molar-refractivity contribution in [2.24, 2.45) is 0 Å². The van der Waals surface area contributed by atoms with Crippen molar-refractivity contribution in [3.05, 3.63) is 54.8 Å². The smallest absolute Gasteiger partial charge is 0.151 e. The van der Waals surface area contributed by atoms with Crippen LogP contribution in [-0.4, -0.2) is 34.9 Å². The van der Waals surface area contributed by atoms with E-state index in [0.717, 1.165) is 17.0 Å². The third kappa shape index (κ3) is 3.77. The molecule has 4 heteroatoms. The van der Waals surface area contributed by atoms with Crippen LogP contribution in [0.2, 0.25) is 0 Å². The zero-order valence-corrected chi connectivity index (χ0v) is 10.8. The van der Waals surface area contributed by atoms with Crippen molar-refractivity contribution in [1.29, 1.82) is 0 Å². The van der Waals surface area contributed by atoms with Crippen molar-refractivity contribution in [2.45, 2.75) is 6.54 Å². The molecule has 0 fully saturated rings. The van der Waals surface area contributed by atoms with Gasteiger partial charge in [-0.15, -0.1) is 6.58 Å². The number of nitrogens with zero attached hydrogens (tertiary/aromatic N) is 2. The number of aliphatic hydroxyl groups is 1. The molecule has 0 bridgehead atoms. The highest BCUT2D eigenvalue weighted by atomic mass is 16.5. The van der Waals surface area contributed by atoms with E-state index in [2.05, 4.69) is 11.7 Å². The number of aliphatic hydroxyl groups excluding tert-OH is 1. The van der Waals surface area contributed by atoms with E-state index in [-0.39, 0.29) is 6.61 Å². The van der Waals surface area contributed by atoms with Gasteiger partial charge in [-0.1, -0.05) is 41.6 Å². The fourth-order valence-electron chi connectivity index (χ4n) is 1.91. The van der Waals surface area contributed by atoms with Crippen molar-refractivity contribution in [3.63, 3.8) is 0 Å². The first-order valence-corrected chi connectivity index (χ1v) is 6.28. The molecule has 1 N–H and O–H groups in total. The largest absolute Gasteiger partial charge is 0.395 e. The Bertz CT molecular complexity index is 508. The zero-order valence-electron chi connectivity index (χ0n) is 10.8. The Morgan fingerprint density at radius 3 is 2.79 bits per heavy atom. The Labute approximate surface area is 113 Å². The first-order chi connectivity index (χ1) is 9.33. The molecule has 2 aromatic rings. The molecule has 1 aromatic carbocycles. The molecule has 0 radical (unpaired) electrons. The van der Waals surface area contributed by atoms with E-state index in [4.69, 9.17) is 9.63 Å². The van der Waals surface area contributed by atoms with Gasteiger partial charge in [0, 0.05) is 24.7 Å². The molecule has 0 amide bonds. The zero-order chi connectivity index (χ0) is 13.5. The lowest BCUT2D eigenvalue weighted by Crippen LogP contribution is -2.26. The average molecular weight is 258 g/mol. The standard InChI is InChI=1S/C15H18N2O2/c1-2-8-17(9-10-18)12-14-11-15(16-19-14)13-6-4-3-5-7-13/h2-7,11,18H,1,8-10,12H2. The van der Waals surface area contributed by atoms with E-state index in [1.165, 1.54) is 0 Å². The molecule has 0 aliphatic carbocycles. The van der Waals surface area contributed by atoms with Gasteiger partial charge in [0.25, 0.3) is 0 Å². The lowest BCUT2D eigenvalue weighted by Gasteiger charge is -2.16. The van der Waals surface area contributed by atoms with Crippen LogP contribution < -0.4 is 0 Å². The van der Waals surface area contributed by atoms with Gasteiger partial charge in [0.2, 0.25) is 0 Å². The van der Waals surface area contributed by atoms with Gasteiger partial charge in [-0.05, 0) is 0 Å². The Kier molecular flexibility index (Phi) is 4.89. The van der Waals surface area contributed by atoms with Crippen LogP contribution in [0.25, 0.3) is 11.3 Å². The van der Waals surface area contributed by atoms with Gasteiger partial charge in [0.1, 0.15) is 5.69 Å². The molecule has 2 rings (SSSR count). The summed E-state index contributed by atoms with van der Waals surface area (Å²) in [4.78, 5) is 2.04. The highest BCUT2D eigenvalue weighted by Gasteiger charge is 2.10. The maximum absolute atomic E-state index is 9.00. The van der Waals surface area contributed by atoms with Crippen LogP contribution in [0.3, 0.4) is 0 Å². The van der Waals surface area contributed by atoms with Crippen LogP contribution in [0.15, 0.2) is 53.6 Å². The predicted octanol–water partition coefficient (Wildman–Crippen LogP) is 2.32. The number of aromatic nitrogens is 1.